The highest BCUT2D eigenvalue weighted by Gasteiger charge is 2.42. The highest BCUT2D eigenvalue weighted by atomic mass is 16.2. The molecule has 0 spiro atoms. The molecule has 0 aliphatic carbocycles. The van der Waals surface area contributed by atoms with E-state index in [2.05, 4.69) is 9.88 Å². The largest absolute Gasteiger partial charge is 0.353 e. The predicted octanol–water partition coefficient (Wildman–Crippen LogP) is 3.47. The second-order valence-electron chi connectivity index (χ2n) is 8.03. The van der Waals surface area contributed by atoms with Crippen LogP contribution in [0.2, 0.25) is 0 Å². The van der Waals surface area contributed by atoms with Crippen molar-refractivity contribution in [1.29, 1.82) is 0 Å². The van der Waals surface area contributed by atoms with Crippen molar-refractivity contribution in [1.82, 2.24) is 14.8 Å². The molecule has 4 rings (SSSR count). The van der Waals surface area contributed by atoms with Crippen LogP contribution in [-0.2, 0) is 11.3 Å². The Morgan fingerprint density at radius 1 is 0.933 bits per heavy atom. The number of para-hydroxylation sites is 1. The first-order chi connectivity index (χ1) is 14.5. The van der Waals surface area contributed by atoms with Gasteiger partial charge in [-0.3, -0.25) is 19.3 Å². The SMILES string of the molecule is CC(C)CC(C(=O)NCCn1ccc2ccccc21)N1C(=O)c2ccccc2C1=O. The van der Waals surface area contributed by atoms with Crippen LogP contribution in [0.4, 0.5) is 0 Å². The van der Waals surface area contributed by atoms with Gasteiger partial charge in [0.25, 0.3) is 11.8 Å². The maximum absolute atomic E-state index is 13.0. The minimum absolute atomic E-state index is 0.151. The third kappa shape index (κ3) is 3.61. The molecule has 2 aromatic carbocycles. The molecule has 2 heterocycles. The lowest BCUT2D eigenvalue weighted by Crippen LogP contribution is -2.50. The van der Waals surface area contributed by atoms with E-state index in [-0.39, 0.29) is 11.8 Å². The fourth-order valence-corrected chi connectivity index (χ4v) is 4.02. The van der Waals surface area contributed by atoms with Crippen molar-refractivity contribution < 1.29 is 14.4 Å². The van der Waals surface area contributed by atoms with E-state index in [9.17, 15) is 14.4 Å². The number of rotatable bonds is 7. The molecule has 0 bridgehead atoms. The number of amides is 3. The van der Waals surface area contributed by atoms with Crippen LogP contribution in [0.15, 0.2) is 60.8 Å². The molecule has 154 valence electrons. The van der Waals surface area contributed by atoms with Gasteiger partial charge in [-0.2, -0.15) is 0 Å². The fourth-order valence-electron chi connectivity index (χ4n) is 4.02. The van der Waals surface area contributed by atoms with E-state index in [0.717, 1.165) is 15.8 Å². The summed E-state index contributed by atoms with van der Waals surface area (Å²) in [4.78, 5) is 39.9. The van der Waals surface area contributed by atoms with Gasteiger partial charge in [0.15, 0.2) is 0 Å². The fraction of sp³-hybridized carbons (Fsp3) is 0.292. The number of nitrogens with one attached hydrogen (secondary N) is 1. The zero-order valence-electron chi connectivity index (χ0n) is 17.2. The van der Waals surface area contributed by atoms with Gasteiger partial charge in [-0.25, -0.2) is 0 Å². The first-order valence-electron chi connectivity index (χ1n) is 10.3. The number of nitrogens with zero attached hydrogens (tertiary/aromatic N) is 2. The summed E-state index contributed by atoms with van der Waals surface area (Å²) in [6, 6.07) is 16.0. The number of benzene rings is 2. The minimum Gasteiger partial charge on any atom is -0.353 e. The van der Waals surface area contributed by atoms with Crippen LogP contribution in [0.3, 0.4) is 0 Å². The first kappa shape index (κ1) is 19.9. The molecule has 1 aliphatic rings. The van der Waals surface area contributed by atoms with Crippen molar-refractivity contribution in [2.45, 2.75) is 32.9 Å². The molecule has 0 radical (unpaired) electrons. The molecule has 1 unspecified atom stereocenters. The number of fused-ring (bicyclic) bond motifs is 2. The number of carbonyl (C=O) groups excluding carboxylic acids is 3. The Kier molecular flexibility index (Phi) is 5.40. The number of hydrogen-bond donors (Lipinski definition) is 1. The molecule has 3 amide bonds. The van der Waals surface area contributed by atoms with E-state index >= 15 is 0 Å². The Bertz CT molecular complexity index is 1080. The molecule has 6 heteroatoms. The summed E-state index contributed by atoms with van der Waals surface area (Å²) >= 11 is 0. The molecule has 1 N–H and O–H groups in total. The lowest BCUT2D eigenvalue weighted by atomic mass is 10.0. The second-order valence-corrected chi connectivity index (χ2v) is 8.03. The summed E-state index contributed by atoms with van der Waals surface area (Å²) in [5.41, 5.74) is 1.83. The van der Waals surface area contributed by atoms with Crippen LogP contribution in [0.5, 0.6) is 0 Å². The number of carbonyl (C=O) groups is 3. The van der Waals surface area contributed by atoms with E-state index in [4.69, 9.17) is 0 Å². The van der Waals surface area contributed by atoms with Gasteiger partial charge in [-0.15, -0.1) is 0 Å². The van der Waals surface area contributed by atoms with Crippen molar-refractivity contribution in [3.63, 3.8) is 0 Å². The van der Waals surface area contributed by atoms with Crippen LogP contribution in [0.25, 0.3) is 10.9 Å². The van der Waals surface area contributed by atoms with Gasteiger partial charge >= 0.3 is 0 Å². The maximum atomic E-state index is 13.0. The number of imide groups is 1. The molecular weight excluding hydrogens is 378 g/mol. The van der Waals surface area contributed by atoms with E-state index in [1.54, 1.807) is 24.3 Å². The van der Waals surface area contributed by atoms with Crippen LogP contribution >= 0.6 is 0 Å². The van der Waals surface area contributed by atoms with Crippen molar-refractivity contribution in [2.24, 2.45) is 5.92 Å². The Morgan fingerprint density at radius 2 is 1.57 bits per heavy atom. The Balaban J connectivity index is 1.48. The molecule has 1 aliphatic heterocycles. The van der Waals surface area contributed by atoms with Crippen LogP contribution in [0, 0.1) is 5.92 Å². The number of hydrogen-bond acceptors (Lipinski definition) is 3. The summed E-state index contributed by atoms with van der Waals surface area (Å²) in [7, 11) is 0. The van der Waals surface area contributed by atoms with Gasteiger partial charge in [0.05, 0.1) is 11.1 Å². The van der Waals surface area contributed by atoms with Crippen molar-refractivity contribution in [3.8, 4) is 0 Å². The lowest BCUT2D eigenvalue weighted by molar-refractivity contribution is -0.125. The smallest absolute Gasteiger partial charge is 0.262 e. The maximum Gasteiger partial charge on any atom is 0.262 e. The van der Waals surface area contributed by atoms with Gasteiger partial charge in [0.1, 0.15) is 6.04 Å². The summed E-state index contributed by atoms with van der Waals surface area (Å²) in [5.74, 6) is -0.936. The molecule has 6 nitrogen and oxygen atoms in total. The number of aromatic nitrogens is 1. The highest BCUT2D eigenvalue weighted by molar-refractivity contribution is 6.22. The molecule has 0 saturated heterocycles. The molecule has 30 heavy (non-hydrogen) atoms. The standard InChI is InChI=1S/C24H25N3O3/c1-16(2)15-21(27-23(29)18-8-4-5-9-19(18)24(27)30)22(28)25-12-14-26-13-11-17-7-3-6-10-20(17)26/h3-11,13,16,21H,12,14-15H2,1-2H3,(H,25,28). The average molecular weight is 403 g/mol. The molecule has 3 aromatic rings. The molecule has 1 atom stereocenters. The van der Waals surface area contributed by atoms with Crippen molar-refractivity contribution in [3.05, 3.63) is 71.9 Å². The monoisotopic (exact) mass is 403 g/mol. The zero-order chi connectivity index (χ0) is 21.3. The van der Waals surface area contributed by atoms with E-state index in [0.29, 0.717) is 30.6 Å². The van der Waals surface area contributed by atoms with Crippen molar-refractivity contribution >= 4 is 28.6 Å². The quantitative estimate of drug-likeness (QED) is 0.614. The van der Waals surface area contributed by atoms with E-state index in [1.165, 1.54) is 0 Å². The van der Waals surface area contributed by atoms with Gasteiger partial charge in [-0.05, 0) is 42.0 Å². The summed E-state index contributed by atoms with van der Waals surface area (Å²) in [5, 5.41) is 4.08. The predicted molar refractivity (Wildman–Crippen MR) is 115 cm³/mol. The Labute approximate surface area is 175 Å². The third-order valence-electron chi connectivity index (χ3n) is 5.47. The van der Waals surface area contributed by atoms with Crippen LogP contribution < -0.4 is 5.32 Å². The third-order valence-corrected chi connectivity index (χ3v) is 5.47. The van der Waals surface area contributed by atoms with Crippen molar-refractivity contribution in [2.75, 3.05) is 6.54 Å². The normalized spacial score (nSPS) is 14.4. The van der Waals surface area contributed by atoms with Gasteiger partial charge in [0.2, 0.25) is 5.91 Å². The highest BCUT2D eigenvalue weighted by Crippen LogP contribution is 2.27. The zero-order valence-corrected chi connectivity index (χ0v) is 17.2. The van der Waals surface area contributed by atoms with Gasteiger partial charge in [-0.1, -0.05) is 44.2 Å². The summed E-state index contributed by atoms with van der Waals surface area (Å²) in [6.45, 7) is 4.97. The molecule has 0 saturated carbocycles. The lowest BCUT2D eigenvalue weighted by Gasteiger charge is -2.26. The molecule has 0 fully saturated rings. The summed E-state index contributed by atoms with van der Waals surface area (Å²) in [6.07, 6.45) is 2.41. The molecule has 1 aromatic heterocycles. The summed E-state index contributed by atoms with van der Waals surface area (Å²) < 4.78 is 2.08. The van der Waals surface area contributed by atoms with Crippen LogP contribution in [-0.4, -0.2) is 39.8 Å². The Morgan fingerprint density at radius 3 is 2.23 bits per heavy atom. The van der Waals surface area contributed by atoms with Crippen LogP contribution in [0.1, 0.15) is 41.0 Å². The average Bonchev–Trinajstić information content (AvgIpc) is 3.26. The Hall–Kier alpha value is -3.41. The van der Waals surface area contributed by atoms with Gasteiger partial charge in [0, 0.05) is 24.8 Å². The van der Waals surface area contributed by atoms with E-state index in [1.807, 2.05) is 50.4 Å². The van der Waals surface area contributed by atoms with Gasteiger partial charge < -0.3 is 9.88 Å². The first-order valence-corrected chi connectivity index (χ1v) is 10.3. The molecular formula is C24H25N3O3. The minimum atomic E-state index is -0.821. The second kappa shape index (κ2) is 8.14. The topological polar surface area (TPSA) is 71.4 Å². The van der Waals surface area contributed by atoms with E-state index < -0.39 is 17.9 Å².